The zero-order valence-electron chi connectivity index (χ0n) is 9.35. The Morgan fingerprint density at radius 2 is 1.79 bits per heavy atom. The van der Waals surface area contributed by atoms with E-state index in [2.05, 4.69) is 33.0 Å². The van der Waals surface area contributed by atoms with E-state index in [9.17, 15) is 4.79 Å². The normalized spacial score (nSPS) is 9.43. The van der Waals surface area contributed by atoms with E-state index < -0.39 is 0 Å². The number of hydrogen-bond donors (Lipinski definition) is 1. The van der Waals surface area contributed by atoms with Gasteiger partial charge < -0.3 is 27.7 Å². The van der Waals surface area contributed by atoms with Gasteiger partial charge in [-0.25, -0.2) is 0 Å². The molecule has 1 amide bonds. The molecule has 0 spiro atoms. The van der Waals surface area contributed by atoms with Crippen LogP contribution in [0.15, 0.2) is 12.2 Å². The summed E-state index contributed by atoms with van der Waals surface area (Å²) in [5, 5.41) is 2.78. The van der Waals surface area contributed by atoms with E-state index in [1.807, 2.05) is 0 Å². The molecule has 4 nitrogen and oxygen atoms in total. The van der Waals surface area contributed by atoms with Crippen molar-refractivity contribution in [3.05, 3.63) is 12.2 Å². The molecular formula is C9H21ClN2O2. The topological polar surface area (TPSA) is 60.6 Å². The highest BCUT2D eigenvalue weighted by Gasteiger charge is 2.07. The summed E-state index contributed by atoms with van der Waals surface area (Å²) in [6.45, 7) is 6.90. The minimum absolute atomic E-state index is 0. The third-order valence-electron chi connectivity index (χ3n) is 1.46. The summed E-state index contributed by atoms with van der Waals surface area (Å²) in [6, 6.07) is 0. The van der Waals surface area contributed by atoms with E-state index in [1.165, 1.54) is 0 Å². The van der Waals surface area contributed by atoms with Gasteiger partial charge in [0.15, 0.2) is 0 Å². The van der Waals surface area contributed by atoms with Crippen LogP contribution in [0.5, 0.6) is 0 Å². The van der Waals surface area contributed by atoms with E-state index in [0.717, 1.165) is 11.0 Å². The number of halogens is 1. The average molecular weight is 225 g/mol. The van der Waals surface area contributed by atoms with Crippen LogP contribution in [0.1, 0.15) is 6.92 Å². The fraction of sp³-hybridized carbons (Fsp3) is 0.667. The molecule has 0 aliphatic carbocycles. The molecule has 0 atom stereocenters. The molecule has 0 radical (unpaired) electrons. The minimum Gasteiger partial charge on any atom is -1.00 e. The largest absolute Gasteiger partial charge is 1.00 e. The maximum absolute atomic E-state index is 11.0. The number of carbonyl (C=O) groups excluding carboxylic acids is 1. The van der Waals surface area contributed by atoms with Crippen LogP contribution in [0.2, 0.25) is 0 Å². The Kier molecular flexibility index (Phi) is 10.6. The number of carbonyl (C=O) groups is 1. The van der Waals surface area contributed by atoms with Gasteiger partial charge in [0.25, 0.3) is 0 Å². The lowest BCUT2D eigenvalue weighted by Crippen LogP contribution is -3.00. The van der Waals surface area contributed by atoms with E-state index >= 15 is 0 Å². The molecule has 0 fully saturated rings. The summed E-state index contributed by atoms with van der Waals surface area (Å²) < 4.78 is 0.858. The third kappa shape index (κ3) is 11.4. The van der Waals surface area contributed by atoms with Crippen molar-refractivity contribution < 1.29 is 27.2 Å². The summed E-state index contributed by atoms with van der Waals surface area (Å²) in [7, 11) is 6.27. The van der Waals surface area contributed by atoms with Crippen molar-refractivity contribution in [1.29, 1.82) is 0 Å². The molecule has 0 aromatic rings. The zero-order valence-corrected chi connectivity index (χ0v) is 10.1. The monoisotopic (exact) mass is 224 g/mol. The standard InChI is InChI=1S/C9H18N2O.ClH.H2O/c1-8(2)9(12)10-6-7-11(3,4)5;;/h1,6-7H2,2-5H3;1H;1H2. The first kappa shape index (κ1) is 19.1. The lowest BCUT2D eigenvalue weighted by molar-refractivity contribution is -0.869. The first-order chi connectivity index (χ1) is 5.33. The Bertz CT molecular complexity index is 188. The summed E-state index contributed by atoms with van der Waals surface area (Å²) in [5.74, 6) is -0.0524. The fourth-order valence-corrected chi connectivity index (χ4v) is 0.656. The first-order valence-corrected chi connectivity index (χ1v) is 4.07. The van der Waals surface area contributed by atoms with Gasteiger partial charge in [0.1, 0.15) is 0 Å². The number of amides is 1. The molecule has 0 saturated heterocycles. The molecule has 86 valence electrons. The lowest BCUT2D eigenvalue weighted by atomic mass is 10.3. The van der Waals surface area contributed by atoms with Crippen molar-refractivity contribution in [3.8, 4) is 0 Å². The van der Waals surface area contributed by atoms with Gasteiger partial charge in [0.2, 0.25) is 5.91 Å². The van der Waals surface area contributed by atoms with Crippen LogP contribution >= 0.6 is 0 Å². The van der Waals surface area contributed by atoms with Gasteiger partial charge in [-0.3, -0.25) is 4.79 Å². The van der Waals surface area contributed by atoms with Crippen molar-refractivity contribution in [2.75, 3.05) is 34.2 Å². The van der Waals surface area contributed by atoms with Crippen molar-refractivity contribution in [3.63, 3.8) is 0 Å². The van der Waals surface area contributed by atoms with Gasteiger partial charge in [-0.2, -0.15) is 0 Å². The number of nitrogens with zero attached hydrogens (tertiary/aromatic N) is 1. The van der Waals surface area contributed by atoms with Crippen molar-refractivity contribution in [1.82, 2.24) is 5.32 Å². The molecule has 3 N–H and O–H groups in total. The molecule has 0 aromatic carbocycles. The maximum atomic E-state index is 11.0. The summed E-state index contributed by atoms with van der Waals surface area (Å²) >= 11 is 0. The van der Waals surface area contributed by atoms with Gasteiger partial charge in [-0.1, -0.05) is 6.58 Å². The number of rotatable bonds is 4. The Morgan fingerprint density at radius 3 is 2.07 bits per heavy atom. The Labute approximate surface area is 92.3 Å². The summed E-state index contributed by atoms with van der Waals surface area (Å²) in [6.07, 6.45) is 0. The molecule has 0 unspecified atom stereocenters. The average Bonchev–Trinajstić information content (AvgIpc) is 1.84. The van der Waals surface area contributed by atoms with Crippen molar-refractivity contribution >= 4 is 5.91 Å². The molecule has 14 heavy (non-hydrogen) atoms. The molecule has 0 aliphatic heterocycles. The Morgan fingerprint density at radius 1 is 1.36 bits per heavy atom. The summed E-state index contributed by atoms with van der Waals surface area (Å²) in [5.41, 5.74) is 0.566. The second-order valence-electron chi connectivity index (χ2n) is 4.05. The first-order valence-electron chi connectivity index (χ1n) is 4.07. The van der Waals surface area contributed by atoms with Crippen LogP contribution in [-0.4, -0.2) is 50.1 Å². The Balaban J connectivity index is -0.000000605. The highest BCUT2D eigenvalue weighted by Crippen LogP contribution is 1.88. The van der Waals surface area contributed by atoms with Crippen LogP contribution < -0.4 is 17.7 Å². The highest BCUT2D eigenvalue weighted by molar-refractivity contribution is 5.91. The maximum Gasteiger partial charge on any atom is 0.246 e. The van der Waals surface area contributed by atoms with E-state index in [-0.39, 0.29) is 23.8 Å². The molecule has 0 aliphatic rings. The third-order valence-corrected chi connectivity index (χ3v) is 1.46. The van der Waals surface area contributed by atoms with Gasteiger partial charge >= 0.3 is 0 Å². The van der Waals surface area contributed by atoms with Gasteiger partial charge in [0, 0.05) is 5.57 Å². The molecular weight excluding hydrogens is 204 g/mol. The number of likely N-dealkylation sites (N-methyl/N-ethyl adjacent to an activating group) is 1. The van der Waals surface area contributed by atoms with Crippen molar-refractivity contribution in [2.24, 2.45) is 0 Å². The molecule has 0 saturated carbocycles. The highest BCUT2D eigenvalue weighted by atomic mass is 35.5. The molecule has 0 bridgehead atoms. The molecule has 5 heteroatoms. The molecule has 0 aromatic heterocycles. The van der Waals surface area contributed by atoms with Crippen LogP contribution in [0.4, 0.5) is 0 Å². The summed E-state index contributed by atoms with van der Waals surface area (Å²) in [4.78, 5) is 11.0. The smallest absolute Gasteiger partial charge is 0.246 e. The van der Waals surface area contributed by atoms with Crippen LogP contribution in [0, 0.1) is 0 Å². The number of quaternary nitrogens is 1. The van der Waals surface area contributed by atoms with Crippen LogP contribution in [0.25, 0.3) is 0 Å². The van der Waals surface area contributed by atoms with Crippen molar-refractivity contribution in [2.45, 2.75) is 6.92 Å². The second kappa shape index (κ2) is 7.79. The molecule has 0 rings (SSSR count). The lowest BCUT2D eigenvalue weighted by Gasteiger charge is -2.23. The van der Waals surface area contributed by atoms with Gasteiger partial charge in [-0.05, 0) is 6.92 Å². The van der Waals surface area contributed by atoms with Crippen LogP contribution in [-0.2, 0) is 4.79 Å². The SMILES string of the molecule is C=C(C)C(=O)NCC[N+](C)(C)C.O.[Cl-]. The van der Waals surface area contributed by atoms with Gasteiger partial charge in [0.05, 0.1) is 34.2 Å². The zero-order chi connectivity index (χ0) is 9.78. The second-order valence-corrected chi connectivity index (χ2v) is 4.05. The van der Waals surface area contributed by atoms with Gasteiger partial charge in [-0.15, -0.1) is 0 Å². The quantitative estimate of drug-likeness (QED) is 0.392. The number of nitrogens with one attached hydrogen (secondary N) is 1. The van der Waals surface area contributed by atoms with E-state index in [4.69, 9.17) is 0 Å². The number of hydrogen-bond acceptors (Lipinski definition) is 1. The van der Waals surface area contributed by atoms with E-state index in [1.54, 1.807) is 6.92 Å². The molecule has 0 heterocycles. The minimum atomic E-state index is -0.0524. The fourth-order valence-electron chi connectivity index (χ4n) is 0.656. The van der Waals surface area contributed by atoms with Crippen LogP contribution in [0.3, 0.4) is 0 Å². The van der Waals surface area contributed by atoms with E-state index in [0.29, 0.717) is 12.1 Å². The predicted molar refractivity (Wildman–Crippen MR) is 54.3 cm³/mol. The Hall–Kier alpha value is -0.580. The predicted octanol–water partition coefficient (Wildman–Crippen LogP) is -3.44.